The number of H-pyrrole nitrogens is 2. The van der Waals surface area contributed by atoms with Gasteiger partial charge in [0.05, 0.1) is 0 Å². The van der Waals surface area contributed by atoms with Gasteiger partial charge in [-0.15, -0.1) is 0 Å². The van der Waals surface area contributed by atoms with Gasteiger partial charge in [0.2, 0.25) is 10.0 Å². The summed E-state index contributed by atoms with van der Waals surface area (Å²) in [6.45, 7) is 2.98. The first-order valence-electron chi connectivity index (χ1n) is 5.47. The second-order valence-corrected chi connectivity index (χ2v) is 6.06. The lowest BCUT2D eigenvalue weighted by Gasteiger charge is -2.30. The molecular weight excluding hydrogens is 260 g/mol. The van der Waals surface area contributed by atoms with Gasteiger partial charge in [-0.1, -0.05) is 0 Å². The zero-order valence-corrected chi connectivity index (χ0v) is 10.6. The average Bonchev–Trinajstić information content (AvgIpc) is 2.28. The van der Waals surface area contributed by atoms with Crippen molar-refractivity contribution in [3.63, 3.8) is 0 Å². The highest BCUT2D eigenvalue weighted by Gasteiger charge is 2.30. The average molecular weight is 274 g/mol. The Hall–Kier alpha value is -1.45. The van der Waals surface area contributed by atoms with Crippen molar-refractivity contribution in [3.8, 4) is 0 Å². The number of rotatable bonds is 2. The Labute approximate surface area is 103 Å². The molecule has 1 fully saturated rings. The van der Waals surface area contributed by atoms with E-state index in [0.717, 1.165) is 6.20 Å². The second-order valence-electron chi connectivity index (χ2n) is 4.15. The molecule has 2 rings (SSSR count). The molecule has 0 amide bonds. The second kappa shape index (κ2) is 4.67. The number of aromatic nitrogens is 2. The molecule has 0 saturated carbocycles. The number of nitrogens with one attached hydrogen (secondary N) is 3. The normalized spacial score (nSPS) is 21.9. The molecule has 1 aliphatic heterocycles. The van der Waals surface area contributed by atoms with Crippen molar-refractivity contribution in [2.75, 3.05) is 19.6 Å². The van der Waals surface area contributed by atoms with Gasteiger partial charge < -0.3 is 10.3 Å². The minimum Gasteiger partial charge on any atom is -0.313 e. The Bertz CT molecular complexity index is 647. The van der Waals surface area contributed by atoms with Gasteiger partial charge in [0, 0.05) is 31.9 Å². The van der Waals surface area contributed by atoms with Crippen LogP contribution in [0.25, 0.3) is 0 Å². The zero-order chi connectivity index (χ0) is 13.3. The van der Waals surface area contributed by atoms with Crippen molar-refractivity contribution in [2.45, 2.75) is 17.9 Å². The van der Waals surface area contributed by atoms with Crippen molar-refractivity contribution in [3.05, 3.63) is 27.0 Å². The van der Waals surface area contributed by atoms with Crippen LogP contribution in [-0.4, -0.2) is 48.4 Å². The predicted octanol–water partition coefficient (Wildman–Crippen LogP) is -1.95. The molecule has 1 atom stereocenters. The van der Waals surface area contributed by atoms with Gasteiger partial charge in [-0.25, -0.2) is 13.2 Å². The summed E-state index contributed by atoms with van der Waals surface area (Å²) < 4.78 is 25.7. The topological polar surface area (TPSA) is 115 Å². The third-order valence-electron chi connectivity index (χ3n) is 2.73. The SMILES string of the molecule is C[C@H]1CN(S(=O)(=O)c2c[nH]c(=O)[nH]c2=O)CCN1. The van der Waals surface area contributed by atoms with E-state index in [-0.39, 0.29) is 6.04 Å². The predicted molar refractivity (Wildman–Crippen MR) is 63.9 cm³/mol. The first kappa shape index (κ1) is 13.0. The fraction of sp³-hybridized carbons (Fsp3) is 0.556. The summed E-state index contributed by atoms with van der Waals surface area (Å²) in [5.41, 5.74) is -1.63. The molecule has 9 heteroatoms. The van der Waals surface area contributed by atoms with Crippen LogP contribution in [0, 0.1) is 0 Å². The Morgan fingerprint density at radius 1 is 1.39 bits per heavy atom. The third kappa shape index (κ3) is 2.37. The number of hydrogen-bond acceptors (Lipinski definition) is 5. The number of piperazine rings is 1. The van der Waals surface area contributed by atoms with Gasteiger partial charge in [0.15, 0.2) is 4.90 Å². The largest absolute Gasteiger partial charge is 0.325 e. The van der Waals surface area contributed by atoms with Gasteiger partial charge in [-0.05, 0) is 6.92 Å². The summed E-state index contributed by atoms with van der Waals surface area (Å²) >= 11 is 0. The molecule has 0 unspecified atom stereocenters. The van der Waals surface area contributed by atoms with E-state index in [2.05, 4.69) is 10.3 Å². The fourth-order valence-corrected chi connectivity index (χ4v) is 3.37. The highest BCUT2D eigenvalue weighted by atomic mass is 32.2. The number of aromatic amines is 2. The standard InChI is InChI=1S/C9H14N4O4S/c1-6-5-13(3-2-10-6)18(16,17)7-4-11-9(15)12-8(7)14/h4,6,10H,2-3,5H2,1H3,(H2,11,12,14,15)/t6-/m0/s1. The van der Waals surface area contributed by atoms with Gasteiger partial charge in [0.1, 0.15) is 0 Å². The maximum Gasteiger partial charge on any atom is 0.325 e. The molecule has 0 spiro atoms. The molecular formula is C9H14N4O4S. The molecule has 2 heterocycles. The van der Waals surface area contributed by atoms with Gasteiger partial charge >= 0.3 is 5.69 Å². The number of sulfonamides is 1. The van der Waals surface area contributed by atoms with Gasteiger partial charge in [-0.3, -0.25) is 9.78 Å². The van der Waals surface area contributed by atoms with Crippen LogP contribution in [0.15, 0.2) is 20.7 Å². The number of nitrogens with zero attached hydrogens (tertiary/aromatic N) is 1. The summed E-state index contributed by atoms with van der Waals surface area (Å²) in [7, 11) is -3.86. The lowest BCUT2D eigenvalue weighted by Crippen LogP contribution is -2.52. The Morgan fingerprint density at radius 3 is 2.72 bits per heavy atom. The van der Waals surface area contributed by atoms with Crippen molar-refractivity contribution in [1.29, 1.82) is 0 Å². The van der Waals surface area contributed by atoms with Gasteiger partial charge in [-0.2, -0.15) is 4.31 Å². The molecule has 18 heavy (non-hydrogen) atoms. The quantitative estimate of drug-likeness (QED) is 0.579. The van der Waals surface area contributed by atoms with Crippen LogP contribution in [0.3, 0.4) is 0 Å². The van der Waals surface area contributed by atoms with E-state index in [4.69, 9.17) is 0 Å². The summed E-state index contributed by atoms with van der Waals surface area (Å²) in [5, 5.41) is 3.11. The highest BCUT2D eigenvalue weighted by molar-refractivity contribution is 7.89. The molecule has 8 nitrogen and oxygen atoms in total. The first-order valence-corrected chi connectivity index (χ1v) is 6.91. The lowest BCUT2D eigenvalue weighted by atomic mass is 10.3. The lowest BCUT2D eigenvalue weighted by molar-refractivity contribution is 0.310. The minimum atomic E-state index is -3.86. The molecule has 0 aromatic carbocycles. The summed E-state index contributed by atoms with van der Waals surface area (Å²) in [6.07, 6.45) is 0.934. The molecule has 100 valence electrons. The molecule has 0 bridgehead atoms. The van der Waals surface area contributed by atoms with E-state index in [1.165, 1.54) is 4.31 Å². The fourth-order valence-electron chi connectivity index (χ4n) is 1.84. The van der Waals surface area contributed by atoms with Gasteiger partial charge in [0.25, 0.3) is 5.56 Å². The molecule has 0 radical (unpaired) electrons. The monoisotopic (exact) mass is 274 g/mol. The minimum absolute atomic E-state index is 0.0235. The van der Waals surface area contributed by atoms with Crippen molar-refractivity contribution < 1.29 is 8.42 Å². The molecule has 1 saturated heterocycles. The maximum absolute atomic E-state index is 12.2. The van der Waals surface area contributed by atoms with Crippen LogP contribution in [0.4, 0.5) is 0 Å². The van der Waals surface area contributed by atoms with E-state index >= 15 is 0 Å². The van der Waals surface area contributed by atoms with E-state index < -0.39 is 26.2 Å². The van der Waals surface area contributed by atoms with E-state index in [1.807, 2.05) is 11.9 Å². The van der Waals surface area contributed by atoms with Crippen molar-refractivity contribution in [2.24, 2.45) is 0 Å². The first-order chi connectivity index (χ1) is 8.41. The highest BCUT2D eigenvalue weighted by Crippen LogP contribution is 2.12. The molecule has 1 aromatic heterocycles. The van der Waals surface area contributed by atoms with Crippen LogP contribution in [0.5, 0.6) is 0 Å². The van der Waals surface area contributed by atoms with E-state index in [1.54, 1.807) is 0 Å². The number of hydrogen-bond donors (Lipinski definition) is 3. The Morgan fingerprint density at radius 2 is 2.11 bits per heavy atom. The van der Waals surface area contributed by atoms with Crippen LogP contribution in [0.2, 0.25) is 0 Å². The summed E-state index contributed by atoms with van der Waals surface area (Å²) in [6, 6.07) is 0.0235. The van der Waals surface area contributed by atoms with Crippen molar-refractivity contribution >= 4 is 10.0 Å². The van der Waals surface area contributed by atoms with E-state index in [0.29, 0.717) is 19.6 Å². The maximum atomic E-state index is 12.2. The third-order valence-corrected chi connectivity index (χ3v) is 4.61. The van der Waals surface area contributed by atoms with Crippen LogP contribution in [-0.2, 0) is 10.0 Å². The zero-order valence-electron chi connectivity index (χ0n) is 9.76. The molecule has 3 N–H and O–H groups in total. The van der Waals surface area contributed by atoms with Crippen LogP contribution in [0.1, 0.15) is 6.92 Å². The van der Waals surface area contributed by atoms with E-state index in [9.17, 15) is 18.0 Å². The summed E-state index contributed by atoms with van der Waals surface area (Å²) in [4.78, 5) is 26.0. The smallest absolute Gasteiger partial charge is 0.313 e. The Kier molecular flexibility index (Phi) is 3.37. The van der Waals surface area contributed by atoms with Crippen LogP contribution >= 0.6 is 0 Å². The van der Waals surface area contributed by atoms with Crippen LogP contribution < -0.4 is 16.6 Å². The Balaban J connectivity index is 2.42. The summed E-state index contributed by atoms with van der Waals surface area (Å²) in [5.74, 6) is 0. The molecule has 1 aliphatic rings. The molecule has 0 aliphatic carbocycles. The van der Waals surface area contributed by atoms with Crippen molar-refractivity contribution in [1.82, 2.24) is 19.6 Å². The molecule has 1 aromatic rings.